The van der Waals surface area contributed by atoms with Crippen LogP contribution in [0, 0.1) is 0 Å². The summed E-state index contributed by atoms with van der Waals surface area (Å²) in [5.41, 5.74) is 2.49. The van der Waals surface area contributed by atoms with E-state index in [2.05, 4.69) is 5.32 Å². The van der Waals surface area contributed by atoms with E-state index >= 15 is 0 Å². The number of fused-ring (bicyclic) bond motifs is 2. The summed E-state index contributed by atoms with van der Waals surface area (Å²) in [7, 11) is 4.34. The normalized spacial score (nSPS) is 21.0. The smallest absolute Gasteiger partial charge is 0.337 e. The van der Waals surface area contributed by atoms with E-state index in [9.17, 15) is 14.4 Å². The quantitative estimate of drug-likeness (QED) is 0.752. The van der Waals surface area contributed by atoms with Crippen molar-refractivity contribution in [2.75, 3.05) is 34.4 Å². The van der Waals surface area contributed by atoms with Gasteiger partial charge < -0.3 is 24.4 Å². The Balaban J connectivity index is 2.00. The maximum Gasteiger partial charge on any atom is 0.337 e. The molecule has 1 unspecified atom stereocenters. The van der Waals surface area contributed by atoms with Gasteiger partial charge in [0.15, 0.2) is 17.3 Å². The van der Waals surface area contributed by atoms with Crippen molar-refractivity contribution in [2.45, 2.75) is 25.2 Å². The third-order valence-corrected chi connectivity index (χ3v) is 5.84. The average molecular weight is 412 g/mol. The summed E-state index contributed by atoms with van der Waals surface area (Å²) in [4.78, 5) is 40.7. The summed E-state index contributed by atoms with van der Waals surface area (Å²) in [6.45, 7) is 0.953. The Labute approximate surface area is 174 Å². The standard InChI is InChI=1S/C22H24N2O6/c1-28-15-8-7-12(11-16(15)29-2)17-18-13(5-4-6-14(18)25)24-10-9-23-21(26)20(24)19(17)22(27)30-3/h7-8,11,17H,4-6,9-10H2,1-3H3,(H,23,26). The predicted octanol–water partition coefficient (Wildman–Crippen LogP) is 1.67. The molecule has 8 heteroatoms. The van der Waals surface area contributed by atoms with Crippen molar-refractivity contribution in [1.82, 2.24) is 10.2 Å². The molecule has 1 N–H and O–H groups in total. The van der Waals surface area contributed by atoms with Crippen molar-refractivity contribution in [1.29, 1.82) is 0 Å². The van der Waals surface area contributed by atoms with E-state index in [4.69, 9.17) is 14.2 Å². The molecule has 0 saturated carbocycles. The van der Waals surface area contributed by atoms with Gasteiger partial charge in [-0.2, -0.15) is 0 Å². The fourth-order valence-corrected chi connectivity index (χ4v) is 4.56. The number of ketones is 1. The molecule has 1 atom stereocenters. The SMILES string of the molecule is COC(=O)C1=C2C(=O)NCCN2C2=C(C(=O)CCC2)C1c1ccc(OC)c(OC)c1. The van der Waals surface area contributed by atoms with Crippen molar-refractivity contribution in [3.8, 4) is 11.5 Å². The Morgan fingerprint density at radius 3 is 2.57 bits per heavy atom. The Bertz CT molecular complexity index is 993. The monoisotopic (exact) mass is 412 g/mol. The van der Waals surface area contributed by atoms with Crippen molar-refractivity contribution in [3.05, 3.63) is 46.3 Å². The van der Waals surface area contributed by atoms with Gasteiger partial charge in [0.2, 0.25) is 0 Å². The summed E-state index contributed by atoms with van der Waals surface area (Å²) in [5, 5.41) is 2.81. The van der Waals surface area contributed by atoms with Crippen LogP contribution in [0.5, 0.6) is 11.5 Å². The van der Waals surface area contributed by atoms with Crippen molar-refractivity contribution >= 4 is 17.7 Å². The molecule has 1 amide bonds. The van der Waals surface area contributed by atoms with Gasteiger partial charge in [-0.3, -0.25) is 9.59 Å². The molecule has 2 heterocycles. The molecule has 1 aromatic carbocycles. The lowest BCUT2D eigenvalue weighted by Gasteiger charge is -2.43. The zero-order valence-corrected chi connectivity index (χ0v) is 17.2. The number of amides is 1. The highest BCUT2D eigenvalue weighted by Crippen LogP contribution is 2.48. The molecule has 0 radical (unpaired) electrons. The van der Waals surface area contributed by atoms with Crippen LogP contribution in [0.15, 0.2) is 40.7 Å². The zero-order valence-electron chi connectivity index (χ0n) is 17.2. The average Bonchev–Trinajstić information content (AvgIpc) is 2.77. The number of nitrogens with zero attached hydrogens (tertiary/aromatic N) is 1. The number of esters is 1. The largest absolute Gasteiger partial charge is 0.493 e. The minimum atomic E-state index is -0.713. The first-order chi connectivity index (χ1) is 14.5. The number of piperazine rings is 1. The molecule has 0 spiro atoms. The third-order valence-electron chi connectivity index (χ3n) is 5.84. The highest BCUT2D eigenvalue weighted by Gasteiger charge is 2.46. The topological polar surface area (TPSA) is 94.2 Å². The number of hydrogen-bond acceptors (Lipinski definition) is 7. The minimum Gasteiger partial charge on any atom is -0.493 e. The fourth-order valence-electron chi connectivity index (χ4n) is 4.56. The summed E-state index contributed by atoms with van der Waals surface area (Å²) >= 11 is 0. The predicted molar refractivity (Wildman–Crippen MR) is 107 cm³/mol. The maximum absolute atomic E-state index is 13.1. The molecule has 1 saturated heterocycles. The Morgan fingerprint density at radius 2 is 1.87 bits per heavy atom. The van der Waals surface area contributed by atoms with Gasteiger partial charge in [-0.1, -0.05) is 6.07 Å². The zero-order chi connectivity index (χ0) is 21.4. The van der Waals surface area contributed by atoms with E-state index in [0.29, 0.717) is 48.6 Å². The van der Waals surface area contributed by atoms with Gasteiger partial charge in [0.05, 0.1) is 26.9 Å². The van der Waals surface area contributed by atoms with E-state index in [1.54, 1.807) is 18.2 Å². The van der Waals surface area contributed by atoms with Gasteiger partial charge in [-0.05, 0) is 30.5 Å². The first-order valence-corrected chi connectivity index (χ1v) is 9.88. The van der Waals surface area contributed by atoms with Crippen LogP contribution in [0.3, 0.4) is 0 Å². The molecular formula is C22H24N2O6. The first kappa shape index (κ1) is 20.0. The van der Waals surface area contributed by atoms with E-state index in [0.717, 1.165) is 12.1 Å². The number of benzene rings is 1. The van der Waals surface area contributed by atoms with Crippen LogP contribution in [0.2, 0.25) is 0 Å². The molecule has 1 aromatic rings. The van der Waals surface area contributed by atoms with E-state index < -0.39 is 11.9 Å². The van der Waals surface area contributed by atoms with E-state index in [-0.39, 0.29) is 23.0 Å². The number of ether oxygens (including phenoxy) is 3. The van der Waals surface area contributed by atoms with Gasteiger partial charge >= 0.3 is 5.97 Å². The van der Waals surface area contributed by atoms with Gasteiger partial charge in [-0.25, -0.2) is 4.79 Å². The Kier molecular flexibility index (Phi) is 5.24. The Hall–Kier alpha value is -3.29. The number of methoxy groups -OCH3 is 3. The molecule has 3 aliphatic rings. The fraction of sp³-hybridized carbons (Fsp3) is 0.409. The third kappa shape index (κ3) is 3.03. The highest BCUT2D eigenvalue weighted by molar-refractivity contribution is 6.09. The number of nitrogens with one attached hydrogen (secondary N) is 1. The molecule has 1 aliphatic carbocycles. The summed E-state index contributed by atoms with van der Waals surface area (Å²) in [5.74, 6) is -0.679. The first-order valence-electron chi connectivity index (χ1n) is 9.88. The van der Waals surface area contributed by atoms with Gasteiger partial charge in [0, 0.05) is 36.7 Å². The van der Waals surface area contributed by atoms with Gasteiger partial charge in [0.1, 0.15) is 5.70 Å². The van der Waals surface area contributed by atoms with Crippen LogP contribution in [0.4, 0.5) is 0 Å². The second-order valence-corrected chi connectivity index (χ2v) is 7.35. The van der Waals surface area contributed by atoms with Crippen LogP contribution >= 0.6 is 0 Å². The van der Waals surface area contributed by atoms with Crippen LogP contribution in [-0.4, -0.2) is 57.0 Å². The number of hydrogen-bond donors (Lipinski definition) is 1. The lowest BCUT2D eigenvalue weighted by atomic mass is 9.74. The van der Waals surface area contributed by atoms with E-state index in [1.807, 2.05) is 4.90 Å². The molecule has 8 nitrogen and oxygen atoms in total. The minimum absolute atomic E-state index is 0.0116. The molecule has 2 aliphatic heterocycles. The maximum atomic E-state index is 13.1. The van der Waals surface area contributed by atoms with Crippen LogP contribution in [0.1, 0.15) is 30.7 Å². The molecule has 1 fully saturated rings. The van der Waals surface area contributed by atoms with Crippen molar-refractivity contribution < 1.29 is 28.6 Å². The van der Waals surface area contributed by atoms with Crippen molar-refractivity contribution in [2.24, 2.45) is 0 Å². The van der Waals surface area contributed by atoms with Crippen LogP contribution < -0.4 is 14.8 Å². The van der Waals surface area contributed by atoms with Crippen LogP contribution in [0.25, 0.3) is 0 Å². The molecule has 0 aromatic heterocycles. The number of Topliss-reactive ketones (excluding diaryl/α,β-unsaturated/α-hetero) is 1. The van der Waals surface area contributed by atoms with Crippen LogP contribution in [-0.2, 0) is 19.1 Å². The number of carbonyl (C=O) groups is 3. The highest BCUT2D eigenvalue weighted by atomic mass is 16.5. The molecule has 158 valence electrons. The summed E-state index contributed by atoms with van der Waals surface area (Å²) < 4.78 is 15.8. The number of allylic oxidation sites excluding steroid dienone is 2. The second kappa shape index (κ2) is 7.85. The summed E-state index contributed by atoms with van der Waals surface area (Å²) in [6, 6.07) is 5.27. The second-order valence-electron chi connectivity index (χ2n) is 7.35. The summed E-state index contributed by atoms with van der Waals surface area (Å²) in [6.07, 6.45) is 1.80. The molecule has 4 rings (SSSR count). The molecular weight excluding hydrogens is 388 g/mol. The Morgan fingerprint density at radius 1 is 1.10 bits per heavy atom. The van der Waals surface area contributed by atoms with Gasteiger partial charge in [-0.15, -0.1) is 0 Å². The van der Waals surface area contributed by atoms with E-state index in [1.165, 1.54) is 21.3 Å². The number of rotatable bonds is 4. The lowest BCUT2D eigenvalue weighted by Crippen LogP contribution is -2.50. The molecule has 30 heavy (non-hydrogen) atoms. The number of carbonyl (C=O) groups excluding carboxylic acids is 3. The van der Waals surface area contributed by atoms with Crippen molar-refractivity contribution in [3.63, 3.8) is 0 Å². The molecule has 0 bridgehead atoms. The van der Waals surface area contributed by atoms with Gasteiger partial charge in [0.25, 0.3) is 5.91 Å². The lowest BCUT2D eigenvalue weighted by molar-refractivity contribution is -0.137.